The molecule has 8 heteroatoms. The number of rotatable bonds is 5. The van der Waals surface area contributed by atoms with Crippen molar-refractivity contribution in [2.24, 2.45) is 5.92 Å². The van der Waals surface area contributed by atoms with Crippen LogP contribution in [0.3, 0.4) is 0 Å². The summed E-state index contributed by atoms with van der Waals surface area (Å²) in [4.78, 5) is 48.7. The minimum Gasteiger partial charge on any atom is -0.453 e. The van der Waals surface area contributed by atoms with E-state index in [1.165, 1.54) is 11.8 Å². The van der Waals surface area contributed by atoms with Crippen LogP contribution in [0.25, 0.3) is 0 Å². The average Bonchev–Trinajstić information content (AvgIpc) is 3.03. The number of nitrogens with one attached hydrogen (secondary N) is 1. The second kappa shape index (κ2) is 8.46. The predicted octanol–water partition coefficient (Wildman–Crippen LogP) is 1.42. The van der Waals surface area contributed by atoms with E-state index < -0.39 is 30.0 Å². The van der Waals surface area contributed by atoms with E-state index in [0.717, 1.165) is 24.8 Å². The summed E-state index contributed by atoms with van der Waals surface area (Å²) in [6, 6.07) is 7.56. The lowest BCUT2D eigenvalue weighted by Gasteiger charge is -2.18. The second-order valence-electron chi connectivity index (χ2n) is 5.99. The predicted molar refractivity (Wildman–Crippen MR) is 92.4 cm³/mol. The van der Waals surface area contributed by atoms with E-state index in [1.807, 2.05) is 36.5 Å². The molecule has 140 valence electrons. The van der Waals surface area contributed by atoms with Gasteiger partial charge in [-0.25, -0.2) is 4.79 Å². The van der Waals surface area contributed by atoms with Crippen LogP contribution in [0, 0.1) is 5.92 Å². The second-order valence-corrected chi connectivity index (χ2v) is 5.99. The molecule has 0 radical (unpaired) electrons. The standard InChI is InChI=1S/C18H22N2O6/c1-4-12-5-7-14(8-6-12)20-10-13(9-15(20)21)17(23)26-11(2)16(22)19-18(24)25-3/h5-8,11,13H,4,9-10H2,1-3H3,(H,19,22,24)/t11-,13+/m1/s1. The summed E-state index contributed by atoms with van der Waals surface area (Å²) in [5.41, 5.74) is 1.88. The normalized spacial score (nSPS) is 17.6. The summed E-state index contributed by atoms with van der Waals surface area (Å²) in [6.07, 6.45) is -1.20. The zero-order valence-electron chi connectivity index (χ0n) is 15.0. The highest BCUT2D eigenvalue weighted by molar-refractivity contribution is 6.00. The molecule has 3 amide bonds. The molecule has 1 aliphatic heterocycles. The lowest BCUT2D eigenvalue weighted by atomic mass is 10.1. The fourth-order valence-corrected chi connectivity index (χ4v) is 2.60. The Balaban J connectivity index is 1.95. The molecular weight excluding hydrogens is 340 g/mol. The number of aryl methyl sites for hydroxylation is 1. The van der Waals surface area contributed by atoms with Crippen LogP contribution in [0.15, 0.2) is 24.3 Å². The van der Waals surface area contributed by atoms with Crippen molar-refractivity contribution >= 4 is 29.6 Å². The van der Waals surface area contributed by atoms with Crippen LogP contribution in [0.4, 0.5) is 10.5 Å². The van der Waals surface area contributed by atoms with Gasteiger partial charge < -0.3 is 14.4 Å². The Morgan fingerprint density at radius 3 is 2.50 bits per heavy atom. The molecule has 1 heterocycles. The number of ether oxygens (including phenoxy) is 2. The molecule has 1 fully saturated rings. The molecule has 1 saturated heterocycles. The number of hydrogen-bond donors (Lipinski definition) is 1. The quantitative estimate of drug-likeness (QED) is 0.795. The topological polar surface area (TPSA) is 102 Å². The maximum atomic E-state index is 12.2. The van der Waals surface area contributed by atoms with Crippen LogP contribution in [0.1, 0.15) is 25.8 Å². The van der Waals surface area contributed by atoms with Gasteiger partial charge in [-0.3, -0.25) is 19.7 Å². The largest absolute Gasteiger partial charge is 0.453 e. The highest BCUT2D eigenvalue weighted by Crippen LogP contribution is 2.26. The molecule has 0 bridgehead atoms. The molecule has 0 spiro atoms. The van der Waals surface area contributed by atoms with Gasteiger partial charge in [0.15, 0.2) is 6.10 Å². The van der Waals surface area contributed by atoms with Crippen molar-refractivity contribution in [3.05, 3.63) is 29.8 Å². The number of alkyl carbamates (subject to hydrolysis) is 1. The minimum atomic E-state index is -1.17. The zero-order valence-corrected chi connectivity index (χ0v) is 15.0. The molecule has 26 heavy (non-hydrogen) atoms. The van der Waals surface area contributed by atoms with Gasteiger partial charge in [-0.2, -0.15) is 0 Å². The fourth-order valence-electron chi connectivity index (χ4n) is 2.60. The van der Waals surface area contributed by atoms with Gasteiger partial charge in [0.25, 0.3) is 5.91 Å². The van der Waals surface area contributed by atoms with E-state index in [4.69, 9.17) is 4.74 Å². The van der Waals surface area contributed by atoms with E-state index in [9.17, 15) is 19.2 Å². The number of anilines is 1. The van der Waals surface area contributed by atoms with E-state index in [-0.39, 0.29) is 18.9 Å². The minimum absolute atomic E-state index is 0.0136. The molecule has 2 rings (SSSR count). The Hall–Kier alpha value is -2.90. The summed E-state index contributed by atoms with van der Waals surface area (Å²) in [5.74, 6) is -2.29. The van der Waals surface area contributed by atoms with Crippen LogP contribution in [-0.4, -0.2) is 43.6 Å². The van der Waals surface area contributed by atoms with Crippen molar-refractivity contribution in [2.45, 2.75) is 32.8 Å². The van der Waals surface area contributed by atoms with Gasteiger partial charge in [-0.15, -0.1) is 0 Å². The van der Waals surface area contributed by atoms with Crippen molar-refractivity contribution < 1.29 is 28.7 Å². The lowest BCUT2D eigenvalue weighted by molar-refractivity contribution is -0.158. The number of benzene rings is 1. The van der Waals surface area contributed by atoms with E-state index >= 15 is 0 Å². The van der Waals surface area contributed by atoms with E-state index in [2.05, 4.69) is 4.74 Å². The van der Waals surface area contributed by atoms with Gasteiger partial charge in [-0.1, -0.05) is 19.1 Å². The van der Waals surface area contributed by atoms with Crippen molar-refractivity contribution in [2.75, 3.05) is 18.6 Å². The van der Waals surface area contributed by atoms with Gasteiger partial charge in [0.05, 0.1) is 13.0 Å². The molecule has 1 aromatic rings. The van der Waals surface area contributed by atoms with Crippen molar-refractivity contribution in [1.29, 1.82) is 0 Å². The Morgan fingerprint density at radius 2 is 1.92 bits per heavy atom. The number of imide groups is 1. The SMILES string of the molecule is CCc1ccc(N2C[C@@H](C(=O)O[C@H](C)C(=O)NC(=O)OC)CC2=O)cc1. The van der Waals surface area contributed by atoms with Crippen LogP contribution >= 0.6 is 0 Å². The third kappa shape index (κ3) is 4.59. The molecule has 1 aromatic carbocycles. The third-order valence-electron chi connectivity index (χ3n) is 4.19. The zero-order chi connectivity index (χ0) is 19.3. The van der Waals surface area contributed by atoms with Crippen molar-refractivity contribution in [3.63, 3.8) is 0 Å². The van der Waals surface area contributed by atoms with Gasteiger partial charge in [0.2, 0.25) is 5.91 Å². The Labute approximate surface area is 151 Å². The number of hydrogen-bond acceptors (Lipinski definition) is 6. The van der Waals surface area contributed by atoms with Gasteiger partial charge >= 0.3 is 12.1 Å². The number of carbonyl (C=O) groups excluding carboxylic acids is 4. The first-order chi connectivity index (χ1) is 12.3. The monoisotopic (exact) mass is 362 g/mol. The first-order valence-corrected chi connectivity index (χ1v) is 8.34. The molecule has 0 aliphatic carbocycles. The molecule has 2 atom stereocenters. The highest BCUT2D eigenvalue weighted by Gasteiger charge is 2.37. The van der Waals surface area contributed by atoms with Gasteiger partial charge in [-0.05, 0) is 31.0 Å². The molecule has 0 saturated carbocycles. The van der Waals surface area contributed by atoms with Gasteiger partial charge in [0, 0.05) is 18.7 Å². The molecule has 0 unspecified atom stereocenters. The Kier molecular flexibility index (Phi) is 6.32. The van der Waals surface area contributed by atoms with E-state index in [0.29, 0.717) is 0 Å². The number of nitrogens with zero attached hydrogens (tertiary/aromatic N) is 1. The van der Waals surface area contributed by atoms with Crippen LogP contribution in [-0.2, 0) is 30.3 Å². The van der Waals surface area contributed by atoms with Crippen LogP contribution < -0.4 is 10.2 Å². The summed E-state index contributed by atoms with van der Waals surface area (Å²) >= 11 is 0. The number of amides is 3. The molecule has 1 N–H and O–H groups in total. The molecule has 1 aliphatic rings. The smallest absolute Gasteiger partial charge is 0.413 e. The molecular formula is C18H22N2O6. The maximum Gasteiger partial charge on any atom is 0.413 e. The third-order valence-corrected chi connectivity index (χ3v) is 4.19. The summed E-state index contributed by atoms with van der Waals surface area (Å²) in [7, 11) is 1.12. The average molecular weight is 362 g/mol. The number of esters is 1. The van der Waals surface area contributed by atoms with Crippen molar-refractivity contribution in [1.82, 2.24) is 5.32 Å². The van der Waals surface area contributed by atoms with Gasteiger partial charge in [0.1, 0.15) is 0 Å². The molecule has 0 aromatic heterocycles. The lowest BCUT2D eigenvalue weighted by Crippen LogP contribution is -2.40. The summed E-state index contributed by atoms with van der Waals surface area (Å²) < 4.78 is 9.38. The van der Waals surface area contributed by atoms with E-state index in [1.54, 1.807) is 0 Å². The first kappa shape index (κ1) is 19.4. The van der Waals surface area contributed by atoms with Crippen LogP contribution in [0.2, 0.25) is 0 Å². The van der Waals surface area contributed by atoms with Crippen molar-refractivity contribution in [3.8, 4) is 0 Å². The fraction of sp³-hybridized carbons (Fsp3) is 0.444. The summed E-state index contributed by atoms with van der Waals surface area (Å²) in [5, 5.41) is 1.92. The maximum absolute atomic E-state index is 12.2. The Morgan fingerprint density at radius 1 is 1.27 bits per heavy atom. The number of carbonyl (C=O) groups is 4. The Bertz CT molecular complexity index is 700. The highest BCUT2D eigenvalue weighted by atomic mass is 16.6. The first-order valence-electron chi connectivity index (χ1n) is 8.34. The molecule has 8 nitrogen and oxygen atoms in total. The number of methoxy groups -OCH3 is 1. The van der Waals surface area contributed by atoms with Crippen LogP contribution in [0.5, 0.6) is 0 Å². The summed E-state index contributed by atoms with van der Waals surface area (Å²) in [6.45, 7) is 3.57.